The Labute approximate surface area is 129 Å². The molecule has 1 aromatic rings. The van der Waals surface area contributed by atoms with Crippen molar-refractivity contribution in [3.63, 3.8) is 0 Å². The van der Waals surface area contributed by atoms with Gasteiger partial charge in [0.1, 0.15) is 0 Å². The van der Waals surface area contributed by atoms with Gasteiger partial charge in [-0.3, -0.25) is 0 Å². The maximum atomic E-state index is 12.5. The van der Waals surface area contributed by atoms with E-state index >= 15 is 0 Å². The van der Waals surface area contributed by atoms with Gasteiger partial charge in [0.25, 0.3) is 0 Å². The van der Waals surface area contributed by atoms with Crippen molar-refractivity contribution in [2.24, 2.45) is 0 Å². The predicted molar refractivity (Wildman–Crippen MR) is 88.3 cm³/mol. The first kappa shape index (κ1) is 18.1. The second kappa shape index (κ2) is 7.38. The summed E-state index contributed by atoms with van der Waals surface area (Å²) < 4.78 is 27.8. The first-order chi connectivity index (χ1) is 9.66. The van der Waals surface area contributed by atoms with Gasteiger partial charge in [-0.15, -0.1) is 0 Å². The molecule has 0 aromatic heterocycles. The van der Waals surface area contributed by atoms with Crippen LogP contribution in [0.5, 0.6) is 0 Å². The lowest BCUT2D eigenvalue weighted by molar-refractivity contribution is 0.554. The van der Waals surface area contributed by atoms with Crippen molar-refractivity contribution in [1.29, 1.82) is 0 Å². The number of benzene rings is 1. The minimum atomic E-state index is -3.45. The maximum Gasteiger partial charge on any atom is 0.241 e. The Morgan fingerprint density at radius 2 is 1.52 bits per heavy atom. The van der Waals surface area contributed by atoms with Crippen molar-refractivity contribution < 1.29 is 8.42 Å². The van der Waals surface area contributed by atoms with Gasteiger partial charge in [-0.1, -0.05) is 19.9 Å². The Hall–Kier alpha value is -0.910. The molecule has 0 unspecified atom stereocenters. The first-order valence-electron chi connectivity index (χ1n) is 7.47. The summed E-state index contributed by atoms with van der Waals surface area (Å²) in [6.45, 7) is 13.1. The standard InChI is InChI=1S/C16H28N2O2S/c1-11(2)17-8-7-9-18-21(19,20)16-14(5)12(3)10-13(4)15(16)6/h10-11,17-18H,7-9H2,1-6H3. The Morgan fingerprint density at radius 1 is 1.00 bits per heavy atom. The first-order valence-corrected chi connectivity index (χ1v) is 8.95. The van der Waals surface area contributed by atoms with Crippen molar-refractivity contribution >= 4 is 10.0 Å². The van der Waals surface area contributed by atoms with Crippen LogP contribution in [0.15, 0.2) is 11.0 Å². The van der Waals surface area contributed by atoms with Gasteiger partial charge < -0.3 is 5.32 Å². The molecule has 0 saturated carbocycles. The highest BCUT2D eigenvalue weighted by Gasteiger charge is 2.21. The molecule has 120 valence electrons. The molecule has 0 fully saturated rings. The lowest BCUT2D eigenvalue weighted by Gasteiger charge is -2.16. The Morgan fingerprint density at radius 3 is 2.00 bits per heavy atom. The minimum absolute atomic E-state index is 0.422. The van der Waals surface area contributed by atoms with Crippen LogP contribution in [-0.2, 0) is 10.0 Å². The van der Waals surface area contributed by atoms with E-state index in [1.54, 1.807) is 0 Å². The third-order valence-corrected chi connectivity index (χ3v) is 5.50. The molecule has 0 aliphatic carbocycles. The van der Waals surface area contributed by atoms with Crippen molar-refractivity contribution in [3.05, 3.63) is 28.3 Å². The molecule has 1 rings (SSSR count). The fourth-order valence-electron chi connectivity index (χ4n) is 2.34. The van der Waals surface area contributed by atoms with Gasteiger partial charge in [-0.05, 0) is 62.9 Å². The van der Waals surface area contributed by atoms with E-state index in [9.17, 15) is 8.42 Å². The highest BCUT2D eigenvalue weighted by molar-refractivity contribution is 7.89. The summed E-state index contributed by atoms with van der Waals surface area (Å²) in [6.07, 6.45) is 0.778. The number of rotatable bonds is 7. The van der Waals surface area contributed by atoms with Crippen LogP contribution in [-0.4, -0.2) is 27.5 Å². The molecule has 5 heteroatoms. The summed E-state index contributed by atoms with van der Waals surface area (Å²) in [7, 11) is -3.45. The second-order valence-electron chi connectivity index (χ2n) is 5.95. The van der Waals surface area contributed by atoms with Gasteiger partial charge in [0.05, 0.1) is 4.90 Å². The molecule has 0 atom stereocenters. The lowest BCUT2D eigenvalue weighted by Crippen LogP contribution is -2.30. The Balaban J connectivity index is 2.84. The lowest BCUT2D eigenvalue weighted by atomic mass is 10.0. The number of sulfonamides is 1. The molecular weight excluding hydrogens is 284 g/mol. The van der Waals surface area contributed by atoms with Crippen LogP contribution in [0, 0.1) is 27.7 Å². The van der Waals surface area contributed by atoms with Gasteiger partial charge in [-0.25, -0.2) is 13.1 Å². The summed E-state index contributed by atoms with van der Waals surface area (Å²) >= 11 is 0. The molecular formula is C16H28N2O2S. The van der Waals surface area contributed by atoms with E-state index in [-0.39, 0.29) is 0 Å². The molecule has 0 aliphatic rings. The fourth-order valence-corrected chi connectivity index (χ4v) is 4.03. The average Bonchev–Trinajstić information content (AvgIpc) is 2.35. The van der Waals surface area contributed by atoms with E-state index in [2.05, 4.69) is 23.9 Å². The van der Waals surface area contributed by atoms with Gasteiger partial charge in [-0.2, -0.15) is 0 Å². The van der Waals surface area contributed by atoms with Crippen LogP contribution >= 0.6 is 0 Å². The molecule has 0 amide bonds. The molecule has 0 spiro atoms. The van der Waals surface area contributed by atoms with Gasteiger partial charge in [0.2, 0.25) is 10.0 Å². The number of aryl methyl sites for hydroxylation is 2. The average molecular weight is 312 g/mol. The quantitative estimate of drug-likeness (QED) is 0.761. The summed E-state index contributed by atoms with van der Waals surface area (Å²) in [4.78, 5) is 0.441. The van der Waals surface area contributed by atoms with Crippen LogP contribution in [0.25, 0.3) is 0 Å². The van der Waals surface area contributed by atoms with Crippen molar-refractivity contribution in [1.82, 2.24) is 10.0 Å². The molecule has 2 N–H and O–H groups in total. The highest BCUT2D eigenvalue weighted by atomic mass is 32.2. The molecule has 0 aliphatic heterocycles. The van der Waals surface area contributed by atoms with E-state index in [4.69, 9.17) is 0 Å². The van der Waals surface area contributed by atoms with Crippen LogP contribution in [0.1, 0.15) is 42.5 Å². The second-order valence-corrected chi connectivity index (χ2v) is 7.65. The zero-order chi connectivity index (χ0) is 16.2. The van der Waals surface area contributed by atoms with E-state index in [0.29, 0.717) is 17.5 Å². The normalized spacial score (nSPS) is 12.1. The third-order valence-electron chi connectivity index (χ3n) is 3.76. The van der Waals surface area contributed by atoms with Crippen molar-refractivity contribution in [3.8, 4) is 0 Å². The van der Waals surface area contributed by atoms with Crippen molar-refractivity contribution in [2.75, 3.05) is 13.1 Å². The minimum Gasteiger partial charge on any atom is -0.314 e. The largest absolute Gasteiger partial charge is 0.314 e. The SMILES string of the molecule is Cc1cc(C)c(C)c(S(=O)(=O)NCCCNC(C)C)c1C. The Kier molecular flexibility index (Phi) is 6.38. The number of hydrogen-bond acceptors (Lipinski definition) is 3. The topological polar surface area (TPSA) is 58.2 Å². The van der Waals surface area contributed by atoms with Gasteiger partial charge in [0.15, 0.2) is 0 Å². The molecule has 0 bridgehead atoms. The smallest absolute Gasteiger partial charge is 0.241 e. The summed E-state index contributed by atoms with van der Waals surface area (Å²) in [5.41, 5.74) is 3.71. The molecule has 1 aromatic carbocycles. The van der Waals surface area contributed by atoms with E-state index in [0.717, 1.165) is 35.2 Å². The third kappa shape index (κ3) is 4.80. The maximum absolute atomic E-state index is 12.5. The number of hydrogen-bond donors (Lipinski definition) is 2. The van der Waals surface area contributed by atoms with E-state index < -0.39 is 10.0 Å². The van der Waals surface area contributed by atoms with Gasteiger partial charge >= 0.3 is 0 Å². The zero-order valence-corrected chi connectivity index (χ0v) is 14.8. The van der Waals surface area contributed by atoms with E-state index in [1.165, 1.54) is 0 Å². The number of nitrogens with one attached hydrogen (secondary N) is 2. The van der Waals surface area contributed by atoms with Gasteiger partial charge in [0, 0.05) is 12.6 Å². The molecule has 0 heterocycles. The van der Waals surface area contributed by atoms with Crippen LogP contribution in [0.3, 0.4) is 0 Å². The summed E-state index contributed by atoms with van der Waals surface area (Å²) in [6, 6.07) is 2.46. The molecule has 21 heavy (non-hydrogen) atoms. The summed E-state index contributed by atoms with van der Waals surface area (Å²) in [5, 5.41) is 3.28. The zero-order valence-electron chi connectivity index (χ0n) is 14.0. The molecule has 0 radical (unpaired) electrons. The Bertz CT molecular complexity index is 567. The summed E-state index contributed by atoms with van der Waals surface area (Å²) in [5.74, 6) is 0. The molecule has 4 nitrogen and oxygen atoms in total. The highest BCUT2D eigenvalue weighted by Crippen LogP contribution is 2.25. The van der Waals surface area contributed by atoms with Crippen LogP contribution < -0.4 is 10.0 Å². The predicted octanol–water partition coefficient (Wildman–Crippen LogP) is 2.59. The fraction of sp³-hybridized carbons (Fsp3) is 0.625. The van der Waals surface area contributed by atoms with Crippen LogP contribution in [0.2, 0.25) is 0 Å². The van der Waals surface area contributed by atoms with Crippen molar-refractivity contribution in [2.45, 2.75) is 58.9 Å². The molecule has 0 saturated heterocycles. The van der Waals surface area contributed by atoms with E-state index in [1.807, 2.05) is 33.8 Å². The van der Waals surface area contributed by atoms with Crippen LogP contribution in [0.4, 0.5) is 0 Å². The monoisotopic (exact) mass is 312 g/mol.